The molecular weight excluding hydrogens is 293 g/mol. The van der Waals surface area contributed by atoms with Gasteiger partial charge in [0, 0.05) is 11.6 Å². The summed E-state index contributed by atoms with van der Waals surface area (Å²) >= 11 is 5.94. The van der Waals surface area contributed by atoms with Crippen molar-refractivity contribution in [1.29, 1.82) is 0 Å². The molecule has 0 saturated carbocycles. The van der Waals surface area contributed by atoms with Crippen LogP contribution in [-0.2, 0) is 13.0 Å². The third-order valence-corrected chi connectivity index (χ3v) is 3.45. The summed E-state index contributed by atoms with van der Waals surface area (Å²) in [6, 6.07) is 11.6. The molecule has 0 amide bonds. The minimum atomic E-state index is -0.381. The van der Waals surface area contributed by atoms with Gasteiger partial charge in [-0.25, -0.2) is 4.39 Å². The Hall–Kier alpha value is -1.62. The Bertz CT molecular complexity index is 569. The van der Waals surface area contributed by atoms with Gasteiger partial charge in [-0.15, -0.1) is 0 Å². The van der Waals surface area contributed by atoms with Gasteiger partial charge in [0.2, 0.25) is 0 Å². The molecule has 0 fully saturated rings. The molecule has 3 N–H and O–H groups in total. The molecule has 0 aliphatic heterocycles. The zero-order chi connectivity index (χ0) is 15.2. The van der Waals surface area contributed by atoms with Crippen LogP contribution in [0.15, 0.2) is 42.5 Å². The molecule has 0 aliphatic rings. The highest BCUT2D eigenvalue weighted by molar-refractivity contribution is 6.31. The van der Waals surface area contributed by atoms with Crippen LogP contribution in [0.4, 0.5) is 4.39 Å². The first kappa shape index (κ1) is 15.8. The highest BCUT2D eigenvalue weighted by Crippen LogP contribution is 2.21. The van der Waals surface area contributed by atoms with Crippen LogP contribution in [0, 0.1) is 5.82 Å². The fourth-order valence-electron chi connectivity index (χ4n) is 1.91. The van der Waals surface area contributed by atoms with Crippen molar-refractivity contribution in [3.8, 4) is 5.75 Å². The summed E-state index contributed by atoms with van der Waals surface area (Å²) in [6.45, 7) is 0.0189. The second kappa shape index (κ2) is 7.41. The van der Waals surface area contributed by atoms with Gasteiger partial charge in [-0.05, 0) is 36.2 Å². The van der Waals surface area contributed by atoms with Crippen LogP contribution in [0.3, 0.4) is 0 Å². The largest absolute Gasteiger partial charge is 0.489 e. The van der Waals surface area contributed by atoms with E-state index in [0.717, 1.165) is 5.56 Å². The van der Waals surface area contributed by atoms with Gasteiger partial charge in [-0.1, -0.05) is 29.8 Å². The molecule has 2 rings (SSSR count). The van der Waals surface area contributed by atoms with Gasteiger partial charge in [0.25, 0.3) is 0 Å². The summed E-state index contributed by atoms with van der Waals surface area (Å²) in [4.78, 5) is 0. The molecule has 0 aliphatic carbocycles. The van der Waals surface area contributed by atoms with Gasteiger partial charge < -0.3 is 15.6 Å². The number of hydrogen-bond donors (Lipinski definition) is 2. The molecule has 5 heteroatoms. The molecule has 1 atom stereocenters. The Morgan fingerprint density at radius 3 is 2.52 bits per heavy atom. The monoisotopic (exact) mass is 309 g/mol. The molecule has 112 valence electrons. The molecular formula is C16H17ClFNO2. The Morgan fingerprint density at radius 1 is 1.19 bits per heavy atom. The summed E-state index contributed by atoms with van der Waals surface area (Å²) in [7, 11) is 0. The second-order valence-electron chi connectivity index (χ2n) is 4.78. The lowest BCUT2D eigenvalue weighted by Gasteiger charge is -2.11. The van der Waals surface area contributed by atoms with Crippen molar-refractivity contribution in [3.05, 3.63) is 64.4 Å². The highest BCUT2D eigenvalue weighted by Gasteiger charge is 2.08. The summed E-state index contributed by atoms with van der Waals surface area (Å²) in [5, 5.41) is 9.26. The lowest BCUT2D eigenvalue weighted by atomic mass is 10.1. The van der Waals surface area contributed by atoms with Crippen LogP contribution >= 0.6 is 11.6 Å². The van der Waals surface area contributed by atoms with E-state index in [1.165, 1.54) is 6.07 Å². The fourth-order valence-corrected chi connectivity index (χ4v) is 2.13. The van der Waals surface area contributed by atoms with E-state index < -0.39 is 0 Å². The first-order valence-corrected chi connectivity index (χ1v) is 6.99. The van der Waals surface area contributed by atoms with Crippen LogP contribution in [0.2, 0.25) is 5.02 Å². The molecule has 0 spiro atoms. The SMILES string of the molecule is NC(CO)Cc1ccc(OCc2c(F)cccc2Cl)cc1. The van der Waals surface area contributed by atoms with Gasteiger partial charge in [-0.2, -0.15) is 0 Å². The number of halogens is 2. The predicted octanol–water partition coefficient (Wildman–Crippen LogP) is 2.92. The number of hydrogen-bond acceptors (Lipinski definition) is 3. The number of nitrogens with two attached hydrogens (primary N) is 1. The summed E-state index contributed by atoms with van der Waals surface area (Å²) in [5.41, 5.74) is 7.02. The average molecular weight is 310 g/mol. The van der Waals surface area contributed by atoms with E-state index in [2.05, 4.69) is 0 Å². The van der Waals surface area contributed by atoms with Crippen LogP contribution in [0.1, 0.15) is 11.1 Å². The van der Waals surface area contributed by atoms with E-state index in [-0.39, 0.29) is 25.1 Å². The van der Waals surface area contributed by atoms with E-state index in [9.17, 15) is 4.39 Å². The first-order chi connectivity index (χ1) is 10.1. The van der Waals surface area contributed by atoms with E-state index >= 15 is 0 Å². The number of benzene rings is 2. The van der Waals surface area contributed by atoms with Crippen molar-refractivity contribution in [1.82, 2.24) is 0 Å². The molecule has 1 unspecified atom stereocenters. The topological polar surface area (TPSA) is 55.5 Å². The third-order valence-electron chi connectivity index (χ3n) is 3.10. The maximum absolute atomic E-state index is 13.6. The normalized spacial score (nSPS) is 12.2. The Labute approximate surface area is 128 Å². The molecule has 0 aromatic heterocycles. The number of aliphatic hydroxyl groups excluding tert-OH is 1. The molecule has 0 radical (unpaired) electrons. The summed E-state index contributed by atoms with van der Waals surface area (Å²) < 4.78 is 19.1. The van der Waals surface area contributed by atoms with E-state index in [0.29, 0.717) is 22.8 Å². The molecule has 2 aromatic rings. The quantitative estimate of drug-likeness (QED) is 0.862. The third kappa shape index (κ3) is 4.43. The Kier molecular flexibility index (Phi) is 5.56. The smallest absolute Gasteiger partial charge is 0.131 e. The standard InChI is InChI=1S/C16H17ClFNO2/c17-15-2-1-3-16(18)14(15)10-21-13-6-4-11(5-7-13)8-12(19)9-20/h1-7,12,20H,8-10,19H2. The number of aliphatic hydroxyl groups is 1. The minimum absolute atomic E-state index is 0.0516. The molecule has 0 bridgehead atoms. The van der Waals surface area contributed by atoms with Gasteiger partial charge >= 0.3 is 0 Å². The predicted molar refractivity (Wildman–Crippen MR) is 80.9 cm³/mol. The van der Waals surface area contributed by atoms with Crippen molar-refractivity contribution in [2.45, 2.75) is 19.1 Å². The number of ether oxygens (including phenoxy) is 1. The van der Waals surface area contributed by atoms with Gasteiger partial charge in [0.1, 0.15) is 18.2 Å². The Balaban J connectivity index is 1.98. The molecule has 0 saturated heterocycles. The summed E-state index contributed by atoms with van der Waals surface area (Å²) in [5.74, 6) is 0.240. The van der Waals surface area contributed by atoms with E-state index in [4.69, 9.17) is 27.2 Å². The van der Waals surface area contributed by atoms with Crippen LogP contribution < -0.4 is 10.5 Å². The van der Waals surface area contributed by atoms with Gasteiger partial charge in [0.15, 0.2) is 0 Å². The van der Waals surface area contributed by atoms with E-state index in [1.54, 1.807) is 24.3 Å². The lowest BCUT2D eigenvalue weighted by molar-refractivity contribution is 0.265. The van der Waals surface area contributed by atoms with Crippen molar-refractivity contribution >= 4 is 11.6 Å². The van der Waals surface area contributed by atoms with Gasteiger partial charge in [0.05, 0.1) is 11.6 Å². The van der Waals surface area contributed by atoms with Crippen molar-refractivity contribution in [2.24, 2.45) is 5.73 Å². The molecule has 2 aromatic carbocycles. The maximum atomic E-state index is 13.6. The minimum Gasteiger partial charge on any atom is -0.489 e. The van der Waals surface area contributed by atoms with Crippen LogP contribution in [0.5, 0.6) is 5.75 Å². The average Bonchev–Trinajstić information content (AvgIpc) is 2.48. The van der Waals surface area contributed by atoms with E-state index in [1.807, 2.05) is 12.1 Å². The molecule has 3 nitrogen and oxygen atoms in total. The lowest BCUT2D eigenvalue weighted by Crippen LogP contribution is -2.26. The van der Waals surface area contributed by atoms with Crippen molar-refractivity contribution in [2.75, 3.05) is 6.61 Å². The van der Waals surface area contributed by atoms with Crippen LogP contribution in [-0.4, -0.2) is 17.8 Å². The maximum Gasteiger partial charge on any atom is 0.131 e. The van der Waals surface area contributed by atoms with Gasteiger partial charge in [-0.3, -0.25) is 0 Å². The summed E-state index contributed by atoms with van der Waals surface area (Å²) in [6.07, 6.45) is 0.593. The number of rotatable bonds is 6. The molecule has 0 heterocycles. The second-order valence-corrected chi connectivity index (χ2v) is 5.19. The Morgan fingerprint density at radius 2 is 1.90 bits per heavy atom. The first-order valence-electron chi connectivity index (χ1n) is 6.61. The zero-order valence-electron chi connectivity index (χ0n) is 11.4. The zero-order valence-corrected chi connectivity index (χ0v) is 12.2. The van der Waals surface area contributed by atoms with Crippen molar-refractivity contribution in [3.63, 3.8) is 0 Å². The van der Waals surface area contributed by atoms with Crippen LogP contribution in [0.25, 0.3) is 0 Å². The fraction of sp³-hybridized carbons (Fsp3) is 0.250. The molecule has 21 heavy (non-hydrogen) atoms. The van der Waals surface area contributed by atoms with Crippen molar-refractivity contribution < 1.29 is 14.2 Å². The highest BCUT2D eigenvalue weighted by atomic mass is 35.5.